The summed E-state index contributed by atoms with van der Waals surface area (Å²) in [5.41, 5.74) is 0. The molecule has 0 aliphatic heterocycles. The fraction of sp³-hybridized carbons (Fsp3) is 0.556. The molecular weight excluding hydrogens is 188 g/mol. The average Bonchev–Trinajstić information content (AvgIpc) is 2.02. The minimum Gasteiger partial charge on any atom is -0.479 e. The lowest BCUT2D eigenvalue weighted by molar-refractivity contribution is -0.149. The van der Waals surface area contributed by atoms with Gasteiger partial charge in [-0.2, -0.15) is 0 Å². The molecule has 0 amide bonds. The summed E-state index contributed by atoms with van der Waals surface area (Å²) in [6.45, 7) is 3.42. The van der Waals surface area contributed by atoms with Gasteiger partial charge in [0.1, 0.15) is 0 Å². The van der Waals surface area contributed by atoms with E-state index in [1.165, 1.54) is 6.08 Å². The van der Waals surface area contributed by atoms with Crippen molar-refractivity contribution < 1.29 is 24.9 Å². The zero-order valence-electron chi connectivity index (χ0n) is 8.04. The minimum atomic E-state index is -1.56. The first-order valence-corrected chi connectivity index (χ1v) is 4.18. The van der Waals surface area contributed by atoms with E-state index in [-0.39, 0.29) is 5.92 Å². The predicted molar refractivity (Wildman–Crippen MR) is 48.7 cm³/mol. The van der Waals surface area contributed by atoms with Gasteiger partial charge in [0.2, 0.25) is 0 Å². The average molecular weight is 202 g/mol. The van der Waals surface area contributed by atoms with Crippen LogP contribution in [0.15, 0.2) is 12.2 Å². The number of rotatable bonds is 5. The Morgan fingerprint density at radius 1 is 1.21 bits per heavy atom. The van der Waals surface area contributed by atoms with Crippen LogP contribution in [0.3, 0.4) is 0 Å². The molecule has 0 aromatic carbocycles. The first kappa shape index (κ1) is 12.6. The maximum Gasteiger partial charge on any atom is 0.333 e. The van der Waals surface area contributed by atoms with Crippen LogP contribution in [-0.4, -0.2) is 33.4 Å². The van der Waals surface area contributed by atoms with Gasteiger partial charge in [0.15, 0.2) is 6.10 Å². The Morgan fingerprint density at radius 2 is 1.71 bits per heavy atom. The number of aliphatic hydroxyl groups excluding tert-OH is 1. The molecule has 0 saturated carbocycles. The van der Waals surface area contributed by atoms with E-state index in [0.717, 1.165) is 6.08 Å². The van der Waals surface area contributed by atoms with Gasteiger partial charge < -0.3 is 15.3 Å². The predicted octanol–water partition coefficient (Wildman–Crippen LogP) is 0.345. The monoisotopic (exact) mass is 202 g/mol. The largest absolute Gasteiger partial charge is 0.479 e. The molecule has 0 aliphatic carbocycles. The number of carbonyl (C=O) groups is 2. The van der Waals surface area contributed by atoms with Crippen molar-refractivity contribution in [2.75, 3.05) is 0 Å². The van der Waals surface area contributed by atoms with Crippen LogP contribution in [-0.2, 0) is 9.59 Å². The van der Waals surface area contributed by atoms with Crippen molar-refractivity contribution in [3.05, 3.63) is 12.2 Å². The van der Waals surface area contributed by atoms with Crippen LogP contribution in [0, 0.1) is 11.8 Å². The topological polar surface area (TPSA) is 94.8 Å². The molecule has 0 radical (unpaired) electrons. The van der Waals surface area contributed by atoms with Gasteiger partial charge in [-0.25, -0.2) is 9.59 Å². The summed E-state index contributed by atoms with van der Waals surface area (Å²) >= 11 is 0. The van der Waals surface area contributed by atoms with E-state index in [9.17, 15) is 14.7 Å². The van der Waals surface area contributed by atoms with E-state index in [1.807, 2.05) is 0 Å². The van der Waals surface area contributed by atoms with E-state index < -0.39 is 24.0 Å². The quantitative estimate of drug-likeness (QED) is 0.559. The first-order chi connectivity index (χ1) is 6.36. The third-order valence-corrected chi connectivity index (χ3v) is 1.85. The standard InChI is InChI=1S/C9H14O5/c1-5(2)6(3-4-7(10)11)8(12)9(13)14/h3-6,8,12H,1-2H3,(H,10,11)(H,13,14)/b4-3+/t6-,8+/m0/s1. The van der Waals surface area contributed by atoms with Crippen molar-refractivity contribution in [1.82, 2.24) is 0 Å². The number of aliphatic carboxylic acids is 2. The Labute approximate surface area is 81.7 Å². The molecule has 0 heterocycles. The lowest BCUT2D eigenvalue weighted by Crippen LogP contribution is -2.31. The first-order valence-electron chi connectivity index (χ1n) is 4.18. The zero-order chi connectivity index (χ0) is 11.3. The van der Waals surface area contributed by atoms with Crippen molar-refractivity contribution in [2.24, 2.45) is 11.8 Å². The molecule has 0 rings (SSSR count). The second-order valence-corrected chi connectivity index (χ2v) is 3.30. The van der Waals surface area contributed by atoms with Crippen LogP contribution in [0.25, 0.3) is 0 Å². The second-order valence-electron chi connectivity index (χ2n) is 3.30. The molecule has 0 aliphatic rings. The van der Waals surface area contributed by atoms with Crippen LogP contribution >= 0.6 is 0 Å². The third kappa shape index (κ3) is 4.04. The van der Waals surface area contributed by atoms with Crippen molar-refractivity contribution in [1.29, 1.82) is 0 Å². The summed E-state index contributed by atoms with van der Waals surface area (Å²) in [6, 6.07) is 0. The molecule has 14 heavy (non-hydrogen) atoms. The van der Waals surface area contributed by atoms with Crippen LogP contribution in [0.2, 0.25) is 0 Å². The highest BCUT2D eigenvalue weighted by atomic mass is 16.4. The molecule has 5 nitrogen and oxygen atoms in total. The molecular formula is C9H14O5. The van der Waals surface area contributed by atoms with Crippen LogP contribution in [0.5, 0.6) is 0 Å². The molecule has 0 unspecified atom stereocenters. The van der Waals surface area contributed by atoms with E-state index in [4.69, 9.17) is 10.2 Å². The van der Waals surface area contributed by atoms with Gasteiger partial charge in [-0.1, -0.05) is 19.9 Å². The van der Waals surface area contributed by atoms with Gasteiger partial charge in [0, 0.05) is 12.0 Å². The summed E-state index contributed by atoms with van der Waals surface area (Å²) < 4.78 is 0. The molecule has 80 valence electrons. The maximum absolute atomic E-state index is 10.5. The van der Waals surface area contributed by atoms with Crippen LogP contribution < -0.4 is 0 Å². The Morgan fingerprint density at radius 3 is 2.00 bits per heavy atom. The highest BCUT2D eigenvalue weighted by molar-refractivity contribution is 5.80. The molecule has 3 N–H and O–H groups in total. The van der Waals surface area contributed by atoms with E-state index in [2.05, 4.69) is 0 Å². The van der Waals surface area contributed by atoms with Gasteiger partial charge >= 0.3 is 11.9 Å². The highest BCUT2D eigenvalue weighted by Crippen LogP contribution is 2.17. The van der Waals surface area contributed by atoms with Crippen molar-refractivity contribution >= 4 is 11.9 Å². The van der Waals surface area contributed by atoms with Gasteiger partial charge in [-0.15, -0.1) is 0 Å². The Balaban J connectivity index is 4.60. The number of hydrogen-bond donors (Lipinski definition) is 3. The van der Waals surface area contributed by atoms with E-state index in [1.54, 1.807) is 13.8 Å². The van der Waals surface area contributed by atoms with Crippen molar-refractivity contribution in [2.45, 2.75) is 20.0 Å². The second kappa shape index (κ2) is 5.39. The molecule has 5 heteroatoms. The Kier molecular flexibility index (Phi) is 4.86. The Hall–Kier alpha value is -1.36. The van der Waals surface area contributed by atoms with Gasteiger partial charge in [0.25, 0.3) is 0 Å². The summed E-state index contributed by atoms with van der Waals surface area (Å²) in [6.07, 6.45) is 0.480. The summed E-state index contributed by atoms with van der Waals surface area (Å²) in [5, 5.41) is 26.1. The lowest BCUT2D eigenvalue weighted by atomic mass is 9.90. The summed E-state index contributed by atoms with van der Waals surface area (Å²) in [5.74, 6) is -3.34. The SMILES string of the molecule is CC(C)[C@H](/C=C/C(=O)O)[C@@H](O)C(=O)O. The number of hydrogen-bond acceptors (Lipinski definition) is 3. The summed E-state index contributed by atoms with van der Waals surface area (Å²) in [7, 11) is 0. The number of carboxylic acid groups (broad SMARTS) is 2. The fourth-order valence-electron chi connectivity index (χ4n) is 1.05. The molecule has 2 atom stereocenters. The number of carboxylic acids is 2. The Bertz CT molecular complexity index is 244. The van der Waals surface area contributed by atoms with Crippen LogP contribution in [0.4, 0.5) is 0 Å². The molecule has 0 saturated heterocycles. The van der Waals surface area contributed by atoms with E-state index >= 15 is 0 Å². The highest BCUT2D eigenvalue weighted by Gasteiger charge is 2.26. The normalized spacial score (nSPS) is 15.7. The van der Waals surface area contributed by atoms with Crippen LogP contribution in [0.1, 0.15) is 13.8 Å². The lowest BCUT2D eigenvalue weighted by Gasteiger charge is -2.19. The molecule has 0 bridgehead atoms. The minimum absolute atomic E-state index is 0.142. The fourth-order valence-corrected chi connectivity index (χ4v) is 1.05. The molecule has 0 aromatic rings. The molecule has 0 spiro atoms. The number of aliphatic hydroxyl groups is 1. The van der Waals surface area contributed by atoms with Gasteiger partial charge in [0.05, 0.1) is 0 Å². The zero-order valence-corrected chi connectivity index (χ0v) is 8.04. The van der Waals surface area contributed by atoms with Crippen molar-refractivity contribution in [3.63, 3.8) is 0 Å². The van der Waals surface area contributed by atoms with Crippen molar-refractivity contribution in [3.8, 4) is 0 Å². The maximum atomic E-state index is 10.5. The summed E-state index contributed by atoms with van der Waals surface area (Å²) in [4.78, 5) is 20.7. The van der Waals surface area contributed by atoms with E-state index in [0.29, 0.717) is 0 Å². The molecule has 0 fully saturated rings. The smallest absolute Gasteiger partial charge is 0.333 e. The van der Waals surface area contributed by atoms with Gasteiger partial charge in [-0.05, 0) is 5.92 Å². The molecule has 0 aromatic heterocycles. The van der Waals surface area contributed by atoms with Gasteiger partial charge in [-0.3, -0.25) is 0 Å². The third-order valence-electron chi connectivity index (χ3n) is 1.85.